The van der Waals surface area contributed by atoms with E-state index in [2.05, 4.69) is 25.6 Å². The highest BCUT2D eigenvalue weighted by atomic mass is 16.5. The molecule has 0 spiro atoms. The summed E-state index contributed by atoms with van der Waals surface area (Å²) in [5.41, 5.74) is 3.22. The molecule has 0 aliphatic heterocycles. The number of nitrogens with one attached hydrogen (secondary N) is 3. The highest BCUT2D eigenvalue weighted by Gasteiger charge is 2.29. The molecule has 1 atom stereocenters. The number of hydrogen-bond acceptors (Lipinski definition) is 5. The van der Waals surface area contributed by atoms with Gasteiger partial charge >= 0.3 is 0 Å². The van der Waals surface area contributed by atoms with Crippen LogP contribution in [-0.4, -0.2) is 32.8 Å². The van der Waals surface area contributed by atoms with Crippen LogP contribution in [0.25, 0.3) is 11.2 Å². The Morgan fingerprint density at radius 1 is 1.25 bits per heavy atom. The van der Waals surface area contributed by atoms with Gasteiger partial charge in [0.1, 0.15) is 11.3 Å². The summed E-state index contributed by atoms with van der Waals surface area (Å²) >= 11 is 0. The second-order valence-electron chi connectivity index (χ2n) is 9.51. The summed E-state index contributed by atoms with van der Waals surface area (Å²) in [7, 11) is 0. The Kier molecular flexibility index (Phi) is 5.62. The van der Waals surface area contributed by atoms with E-state index in [1.165, 1.54) is 11.8 Å². The van der Waals surface area contributed by atoms with Gasteiger partial charge in [-0.1, -0.05) is 26.8 Å². The van der Waals surface area contributed by atoms with Crippen molar-refractivity contribution in [1.82, 2.24) is 25.6 Å². The normalized spacial score (nSPS) is 15.6. The van der Waals surface area contributed by atoms with Crippen LogP contribution in [0.4, 0.5) is 0 Å². The summed E-state index contributed by atoms with van der Waals surface area (Å²) in [6, 6.07) is 5.84. The van der Waals surface area contributed by atoms with Crippen LogP contribution >= 0.6 is 0 Å². The van der Waals surface area contributed by atoms with Gasteiger partial charge in [0.2, 0.25) is 11.8 Å². The second kappa shape index (κ2) is 8.26. The number of H-pyrrole nitrogens is 1. The number of aromatic amines is 1. The maximum atomic E-state index is 12.5. The van der Waals surface area contributed by atoms with Crippen molar-refractivity contribution in [3.8, 4) is 11.6 Å². The average molecular weight is 436 g/mol. The van der Waals surface area contributed by atoms with Gasteiger partial charge in [0.15, 0.2) is 5.65 Å². The Labute approximate surface area is 187 Å². The lowest BCUT2D eigenvalue weighted by Crippen LogP contribution is -2.36. The number of aryl methyl sites for hydroxylation is 1. The summed E-state index contributed by atoms with van der Waals surface area (Å²) in [4.78, 5) is 36.7. The van der Waals surface area contributed by atoms with E-state index in [1.54, 1.807) is 6.20 Å². The number of rotatable bonds is 5. The molecule has 0 radical (unpaired) electrons. The van der Waals surface area contributed by atoms with Gasteiger partial charge in [-0.05, 0) is 49.9 Å². The number of carbonyl (C=O) groups excluding carboxylic acids is 2. The first-order valence-corrected chi connectivity index (χ1v) is 10.9. The quantitative estimate of drug-likeness (QED) is 0.560. The predicted molar refractivity (Wildman–Crippen MR) is 122 cm³/mol. The summed E-state index contributed by atoms with van der Waals surface area (Å²) in [5, 5.41) is 6.01. The van der Waals surface area contributed by atoms with Crippen molar-refractivity contribution in [3.63, 3.8) is 0 Å². The highest BCUT2D eigenvalue weighted by Crippen LogP contribution is 2.35. The lowest BCUT2D eigenvalue weighted by Gasteiger charge is -2.22. The van der Waals surface area contributed by atoms with Gasteiger partial charge in [0.05, 0.1) is 17.8 Å². The SMILES string of the molecule is CC(C)NC(=O)c1c[nH]c2ncc(Oc3ccc4c(c3)[C@H](NC(=O)C(C)(C)C)CC4)nc12. The van der Waals surface area contributed by atoms with Crippen LogP contribution in [0.3, 0.4) is 0 Å². The molecular formula is C24H29N5O3. The van der Waals surface area contributed by atoms with Crippen LogP contribution in [-0.2, 0) is 11.2 Å². The van der Waals surface area contributed by atoms with Crippen molar-refractivity contribution < 1.29 is 14.3 Å². The average Bonchev–Trinajstić information content (AvgIpc) is 3.30. The zero-order valence-electron chi connectivity index (χ0n) is 19.1. The molecule has 1 aliphatic carbocycles. The minimum atomic E-state index is -0.446. The summed E-state index contributed by atoms with van der Waals surface area (Å²) in [6.45, 7) is 9.52. The van der Waals surface area contributed by atoms with Gasteiger partial charge < -0.3 is 20.4 Å². The van der Waals surface area contributed by atoms with E-state index in [9.17, 15) is 9.59 Å². The molecule has 1 aliphatic rings. The van der Waals surface area contributed by atoms with E-state index in [-0.39, 0.29) is 23.9 Å². The second-order valence-corrected chi connectivity index (χ2v) is 9.51. The molecule has 2 amide bonds. The molecule has 8 nitrogen and oxygen atoms in total. The molecule has 0 saturated heterocycles. The standard InChI is InChI=1S/C24H29N5O3/c1-13(2)27-22(30)17-11-25-21-20(17)29-19(12-26-21)32-15-8-6-14-7-9-18(16(14)10-15)28-23(31)24(3,4)5/h6,8,10-13,18H,7,9H2,1-5H3,(H,25,26)(H,27,30)(H,28,31)/t18-/m1/s1. The molecule has 168 valence electrons. The van der Waals surface area contributed by atoms with Crippen molar-refractivity contribution >= 4 is 23.0 Å². The molecule has 3 N–H and O–H groups in total. The number of hydrogen-bond donors (Lipinski definition) is 3. The molecule has 32 heavy (non-hydrogen) atoms. The number of nitrogens with zero attached hydrogens (tertiary/aromatic N) is 2. The molecule has 0 unspecified atom stereocenters. The Bertz CT molecular complexity index is 1180. The smallest absolute Gasteiger partial charge is 0.255 e. The zero-order chi connectivity index (χ0) is 23.0. The van der Waals surface area contributed by atoms with Gasteiger partial charge in [-0.2, -0.15) is 0 Å². The molecule has 2 aromatic heterocycles. The summed E-state index contributed by atoms with van der Waals surface area (Å²) < 4.78 is 5.99. The lowest BCUT2D eigenvalue weighted by molar-refractivity contribution is -0.129. The van der Waals surface area contributed by atoms with Crippen molar-refractivity contribution in [2.24, 2.45) is 5.41 Å². The number of carbonyl (C=O) groups is 2. The van der Waals surface area contributed by atoms with Gasteiger partial charge in [-0.25, -0.2) is 9.97 Å². The summed E-state index contributed by atoms with van der Waals surface area (Å²) in [5.74, 6) is 0.715. The monoisotopic (exact) mass is 435 g/mol. The van der Waals surface area contributed by atoms with Gasteiger partial charge in [-0.15, -0.1) is 0 Å². The Morgan fingerprint density at radius 2 is 2.03 bits per heavy atom. The number of fused-ring (bicyclic) bond motifs is 2. The van der Waals surface area contributed by atoms with E-state index in [0.717, 1.165) is 18.4 Å². The highest BCUT2D eigenvalue weighted by molar-refractivity contribution is 6.04. The van der Waals surface area contributed by atoms with Crippen molar-refractivity contribution in [2.75, 3.05) is 0 Å². The van der Waals surface area contributed by atoms with Crippen LogP contribution in [0.1, 0.15) is 68.6 Å². The summed E-state index contributed by atoms with van der Waals surface area (Å²) in [6.07, 6.45) is 4.90. The molecule has 0 bridgehead atoms. The van der Waals surface area contributed by atoms with Crippen LogP contribution in [0.5, 0.6) is 11.6 Å². The first-order chi connectivity index (χ1) is 15.1. The third-order valence-corrected chi connectivity index (χ3v) is 5.43. The molecule has 8 heteroatoms. The fourth-order valence-corrected chi connectivity index (χ4v) is 3.73. The van der Waals surface area contributed by atoms with E-state index in [1.807, 2.05) is 52.8 Å². The largest absolute Gasteiger partial charge is 0.437 e. The fraction of sp³-hybridized carbons (Fsp3) is 0.417. The predicted octanol–water partition coefficient (Wildman–Crippen LogP) is 4.04. The van der Waals surface area contributed by atoms with Crippen LogP contribution in [0.15, 0.2) is 30.6 Å². The topological polar surface area (TPSA) is 109 Å². The minimum Gasteiger partial charge on any atom is -0.437 e. The molecule has 0 saturated carbocycles. The molecule has 4 rings (SSSR count). The van der Waals surface area contributed by atoms with E-state index in [4.69, 9.17) is 4.74 Å². The first-order valence-electron chi connectivity index (χ1n) is 10.9. The maximum absolute atomic E-state index is 12.5. The van der Waals surface area contributed by atoms with Crippen LogP contribution in [0, 0.1) is 5.41 Å². The number of benzene rings is 1. The zero-order valence-corrected chi connectivity index (χ0v) is 19.1. The minimum absolute atomic E-state index is 0.0120. The van der Waals surface area contributed by atoms with Crippen LogP contribution < -0.4 is 15.4 Å². The van der Waals surface area contributed by atoms with Gasteiger partial charge in [-0.3, -0.25) is 9.59 Å². The Hall–Kier alpha value is -3.42. The van der Waals surface area contributed by atoms with E-state index >= 15 is 0 Å². The lowest BCUT2D eigenvalue weighted by atomic mass is 9.94. The number of amides is 2. The molecule has 3 aromatic rings. The molecule has 1 aromatic carbocycles. The van der Waals surface area contributed by atoms with Crippen molar-refractivity contribution in [2.45, 2.75) is 59.5 Å². The number of aromatic nitrogens is 3. The van der Waals surface area contributed by atoms with E-state index in [0.29, 0.717) is 28.4 Å². The van der Waals surface area contributed by atoms with E-state index < -0.39 is 5.41 Å². The third-order valence-electron chi connectivity index (χ3n) is 5.43. The molecular weight excluding hydrogens is 406 g/mol. The molecule has 2 heterocycles. The van der Waals surface area contributed by atoms with Gasteiger partial charge in [0.25, 0.3) is 5.91 Å². The van der Waals surface area contributed by atoms with Crippen molar-refractivity contribution in [1.29, 1.82) is 0 Å². The van der Waals surface area contributed by atoms with Crippen molar-refractivity contribution in [3.05, 3.63) is 47.3 Å². The fourth-order valence-electron chi connectivity index (χ4n) is 3.73. The van der Waals surface area contributed by atoms with Crippen LogP contribution in [0.2, 0.25) is 0 Å². The maximum Gasteiger partial charge on any atom is 0.255 e. The first kappa shape index (κ1) is 21.8. The molecule has 0 fully saturated rings. The van der Waals surface area contributed by atoms with Gasteiger partial charge in [0, 0.05) is 17.7 Å². The Morgan fingerprint density at radius 3 is 2.75 bits per heavy atom. The number of ether oxygens (including phenoxy) is 1. The third kappa shape index (κ3) is 4.44. The Balaban J connectivity index is 1.57.